The highest BCUT2D eigenvalue weighted by atomic mass is 32.2. The first-order chi connectivity index (χ1) is 12.7. The van der Waals surface area contributed by atoms with Crippen molar-refractivity contribution in [3.8, 4) is 10.6 Å². The van der Waals surface area contributed by atoms with Gasteiger partial charge < -0.3 is 4.90 Å². The molecule has 3 aromatic rings. The predicted octanol–water partition coefficient (Wildman–Crippen LogP) is 4.70. The first-order valence-electron chi connectivity index (χ1n) is 8.77. The molecule has 0 bridgehead atoms. The zero-order valence-electron chi connectivity index (χ0n) is 14.6. The quantitative estimate of drug-likeness (QED) is 0.456. The molecule has 136 valence electrons. The Morgan fingerprint density at radius 1 is 1.31 bits per heavy atom. The Balaban J connectivity index is 1.48. The highest BCUT2D eigenvalue weighted by molar-refractivity contribution is 8.00. The molecule has 26 heavy (non-hydrogen) atoms. The maximum atomic E-state index is 12.6. The molecule has 0 N–H and O–H groups in total. The van der Waals surface area contributed by atoms with Gasteiger partial charge in [0.1, 0.15) is 27.3 Å². The second kappa shape index (κ2) is 8.02. The summed E-state index contributed by atoms with van der Waals surface area (Å²) in [5.74, 6) is 0.586. The fraction of sp³-hybridized carbons (Fsp3) is 0.444. The van der Waals surface area contributed by atoms with Crippen LogP contribution in [0.1, 0.15) is 32.1 Å². The second-order valence-electron chi connectivity index (χ2n) is 6.45. The Kier molecular flexibility index (Phi) is 5.52. The predicted molar refractivity (Wildman–Crippen MR) is 109 cm³/mol. The minimum absolute atomic E-state index is 0.177. The second-order valence-corrected chi connectivity index (χ2v) is 9.14. The standard InChI is InChI=1S/C18H20N4OS3/c1-22(12-6-3-2-4-7-12)14(23)10-25-18-17-16(19-11-20-18)15(21-26-17)13-8-5-9-24-13/h5,8-9,11-12H,2-4,6-7,10H2,1H3. The van der Waals surface area contributed by atoms with Gasteiger partial charge in [0.05, 0.1) is 10.6 Å². The lowest BCUT2D eigenvalue weighted by Crippen LogP contribution is -2.39. The molecule has 1 amide bonds. The number of nitrogens with zero attached hydrogens (tertiary/aromatic N) is 4. The molecule has 3 heterocycles. The van der Waals surface area contributed by atoms with Gasteiger partial charge in [-0.3, -0.25) is 4.79 Å². The normalized spacial score (nSPS) is 15.4. The third kappa shape index (κ3) is 3.63. The molecule has 1 aliphatic carbocycles. The topological polar surface area (TPSA) is 59.0 Å². The Labute approximate surface area is 165 Å². The Bertz CT molecular complexity index is 887. The minimum Gasteiger partial charge on any atom is -0.342 e. The van der Waals surface area contributed by atoms with Crippen molar-refractivity contribution in [3.05, 3.63) is 23.8 Å². The summed E-state index contributed by atoms with van der Waals surface area (Å²) in [7, 11) is 1.94. The van der Waals surface area contributed by atoms with Crippen molar-refractivity contribution in [2.75, 3.05) is 12.8 Å². The number of hydrogen-bond donors (Lipinski definition) is 0. The first-order valence-corrected chi connectivity index (χ1v) is 11.4. The van der Waals surface area contributed by atoms with Gasteiger partial charge in [-0.15, -0.1) is 11.3 Å². The van der Waals surface area contributed by atoms with Crippen molar-refractivity contribution >= 4 is 50.8 Å². The molecule has 1 aliphatic rings. The van der Waals surface area contributed by atoms with Gasteiger partial charge in [-0.2, -0.15) is 4.37 Å². The summed E-state index contributed by atoms with van der Waals surface area (Å²) in [6, 6.07) is 4.47. The van der Waals surface area contributed by atoms with Crippen LogP contribution in [0.3, 0.4) is 0 Å². The van der Waals surface area contributed by atoms with Gasteiger partial charge in [0.15, 0.2) is 0 Å². The van der Waals surface area contributed by atoms with Crippen LogP contribution in [0.4, 0.5) is 0 Å². The largest absolute Gasteiger partial charge is 0.342 e. The zero-order chi connectivity index (χ0) is 17.9. The van der Waals surface area contributed by atoms with Crippen LogP contribution in [0.5, 0.6) is 0 Å². The van der Waals surface area contributed by atoms with Crippen LogP contribution in [0, 0.1) is 0 Å². The highest BCUT2D eigenvalue weighted by Gasteiger charge is 2.23. The maximum Gasteiger partial charge on any atom is 0.232 e. The SMILES string of the molecule is CN(C(=O)CSc1ncnc2c(-c3cccs3)nsc12)C1CCCCC1. The van der Waals surface area contributed by atoms with Crippen molar-refractivity contribution < 1.29 is 4.79 Å². The van der Waals surface area contributed by atoms with Crippen LogP contribution < -0.4 is 0 Å². The molecule has 1 saturated carbocycles. The van der Waals surface area contributed by atoms with Crippen LogP contribution in [0.2, 0.25) is 0 Å². The number of amides is 1. The summed E-state index contributed by atoms with van der Waals surface area (Å²) in [5, 5.41) is 2.89. The van der Waals surface area contributed by atoms with Crippen molar-refractivity contribution in [3.63, 3.8) is 0 Å². The molecule has 0 aromatic carbocycles. The Morgan fingerprint density at radius 2 is 2.15 bits per heavy atom. The number of aromatic nitrogens is 3. The lowest BCUT2D eigenvalue weighted by molar-refractivity contribution is -0.129. The summed E-state index contributed by atoms with van der Waals surface area (Å²) >= 11 is 4.56. The number of carbonyl (C=O) groups excluding carboxylic acids is 1. The van der Waals surface area contributed by atoms with E-state index >= 15 is 0 Å². The van der Waals surface area contributed by atoms with Gasteiger partial charge in [0.2, 0.25) is 5.91 Å². The molecule has 1 fully saturated rings. The average Bonchev–Trinajstić information content (AvgIpc) is 3.35. The molecule has 0 atom stereocenters. The fourth-order valence-corrected chi connectivity index (χ4v) is 5.93. The zero-order valence-corrected chi connectivity index (χ0v) is 17.0. The molecular weight excluding hydrogens is 384 g/mol. The van der Waals surface area contributed by atoms with Crippen molar-refractivity contribution in [1.82, 2.24) is 19.2 Å². The van der Waals surface area contributed by atoms with E-state index in [1.165, 1.54) is 42.6 Å². The van der Waals surface area contributed by atoms with Gasteiger partial charge in [0.25, 0.3) is 0 Å². The molecule has 0 radical (unpaired) electrons. The first kappa shape index (κ1) is 17.9. The van der Waals surface area contributed by atoms with E-state index in [1.807, 2.05) is 23.4 Å². The van der Waals surface area contributed by atoms with Gasteiger partial charge >= 0.3 is 0 Å². The van der Waals surface area contributed by atoms with E-state index in [0.29, 0.717) is 11.8 Å². The summed E-state index contributed by atoms with van der Waals surface area (Å²) in [6.07, 6.45) is 7.59. The van der Waals surface area contributed by atoms with Crippen LogP contribution in [0.25, 0.3) is 20.8 Å². The van der Waals surface area contributed by atoms with Crippen molar-refractivity contribution in [2.45, 2.75) is 43.2 Å². The van der Waals surface area contributed by atoms with Crippen molar-refractivity contribution in [2.24, 2.45) is 0 Å². The number of thiophene rings is 1. The molecule has 5 nitrogen and oxygen atoms in total. The van der Waals surface area contributed by atoms with Crippen LogP contribution in [-0.2, 0) is 4.79 Å². The van der Waals surface area contributed by atoms with E-state index in [2.05, 4.69) is 20.4 Å². The summed E-state index contributed by atoms with van der Waals surface area (Å²) in [4.78, 5) is 24.5. The summed E-state index contributed by atoms with van der Waals surface area (Å²) in [5.41, 5.74) is 1.79. The third-order valence-corrected chi connectivity index (χ3v) is 7.65. The average molecular weight is 405 g/mol. The maximum absolute atomic E-state index is 12.6. The van der Waals surface area contributed by atoms with E-state index in [9.17, 15) is 4.79 Å². The molecule has 8 heteroatoms. The van der Waals surface area contributed by atoms with Crippen molar-refractivity contribution in [1.29, 1.82) is 0 Å². The number of hydrogen-bond acceptors (Lipinski definition) is 7. The van der Waals surface area contributed by atoms with Crippen LogP contribution >= 0.6 is 34.6 Å². The van der Waals surface area contributed by atoms with E-state index in [-0.39, 0.29) is 5.91 Å². The van der Waals surface area contributed by atoms with E-state index in [4.69, 9.17) is 0 Å². The fourth-order valence-electron chi connectivity index (χ4n) is 3.32. The third-order valence-electron chi connectivity index (χ3n) is 4.83. The molecule has 0 spiro atoms. The lowest BCUT2D eigenvalue weighted by atomic mass is 9.94. The number of carbonyl (C=O) groups is 1. The van der Waals surface area contributed by atoms with Crippen LogP contribution in [0.15, 0.2) is 28.9 Å². The van der Waals surface area contributed by atoms with E-state index in [1.54, 1.807) is 17.7 Å². The molecular formula is C18H20N4OS3. The summed E-state index contributed by atoms with van der Waals surface area (Å²) in [6.45, 7) is 0. The molecule has 0 unspecified atom stereocenters. The van der Waals surface area contributed by atoms with Gasteiger partial charge in [-0.05, 0) is 35.8 Å². The molecule has 3 aromatic heterocycles. The monoisotopic (exact) mass is 404 g/mol. The van der Waals surface area contributed by atoms with E-state index in [0.717, 1.165) is 38.7 Å². The number of rotatable bonds is 5. The minimum atomic E-state index is 0.177. The summed E-state index contributed by atoms with van der Waals surface area (Å²) < 4.78 is 5.54. The van der Waals surface area contributed by atoms with Crippen LogP contribution in [-0.4, -0.2) is 44.0 Å². The number of thioether (sulfide) groups is 1. The number of fused-ring (bicyclic) bond motifs is 1. The van der Waals surface area contributed by atoms with Gasteiger partial charge in [-0.1, -0.05) is 37.1 Å². The van der Waals surface area contributed by atoms with Gasteiger partial charge in [-0.25, -0.2) is 9.97 Å². The molecule has 4 rings (SSSR count). The Morgan fingerprint density at radius 3 is 2.92 bits per heavy atom. The lowest BCUT2D eigenvalue weighted by Gasteiger charge is -2.31. The highest BCUT2D eigenvalue weighted by Crippen LogP contribution is 2.36. The smallest absolute Gasteiger partial charge is 0.232 e. The molecule has 0 aliphatic heterocycles. The van der Waals surface area contributed by atoms with E-state index < -0.39 is 0 Å². The van der Waals surface area contributed by atoms with Gasteiger partial charge in [0, 0.05) is 13.1 Å². The Hall–Kier alpha value is -1.51. The molecule has 0 saturated heterocycles.